The van der Waals surface area contributed by atoms with Gasteiger partial charge in [-0.25, -0.2) is 4.79 Å². The number of likely N-dealkylation sites (tertiary alicyclic amines) is 1. The third-order valence-corrected chi connectivity index (χ3v) is 12.0. The maximum atomic E-state index is 14.7. The number of ether oxygens (including phenoxy) is 1. The zero-order chi connectivity index (χ0) is 38.2. The van der Waals surface area contributed by atoms with Crippen LogP contribution < -0.4 is 10.6 Å². The molecule has 2 aliphatic rings. The number of carbonyl (C=O) groups is 2. The molecule has 0 bridgehead atoms. The molecule has 2 fully saturated rings. The van der Waals surface area contributed by atoms with Crippen LogP contribution in [0.4, 0.5) is 0 Å². The van der Waals surface area contributed by atoms with Crippen LogP contribution in [0.2, 0.25) is 0 Å². The van der Waals surface area contributed by atoms with Gasteiger partial charge < -0.3 is 24.8 Å². The lowest BCUT2D eigenvalue weighted by Gasteiger charge is -2.42. The highest BCUT2D eigenvalue weighted by Gasteiger charge is 2.46. The number of esters is 1. The number of hydrogen-bond donors (Lipinski definition) is 2. The number of fused-ring (bicyclic) bond motifs is 2. The molecule has 1 saturated carbocycles. The number of aromatic nitrogens is 1. The van der Waals surface area contributed by atoms with Gasteiger partial charge in [0.2, 0.25) is 5.91 Å². The summed E-state index contributed by atoms with van der Waals surface area (Å²) in [6.07, 6.45) is 5.82. The molecule has 7 rings (SSSR count). The lowest BCUT2D eigenvalue weighted by molar-refractivity contribution is -0.139. The van der Waals surface area contributed by atoms with Gasteiger partial charge in [-0.2, -0.15) is 0 Å². The highest BCUT2D eigenvalue weighted by molar-refractivity contribution is 7.80. The van der Waals surface area contributed by atoms with E-state index >= 15 is 0 Å². The summed E-state index contributed by atoms with van der Waals surface area (Å²) in [6.45, 7) is 13.5. The molecule has 0 radical (unpaired) electrons. The van der Waals surface area contributed by atoms with Gasteiger partial charge in [-0.3, -0.25) is 4.79 Å². The summed E-state index contributed by atoms with van der Waals surface area (Å²) in [5, 5.41) is 12.4. The molecule has 1 saturated heterocycles. The lowest BCUT2D eigenvalue weighted by atomic mass is 9.83. The van der Waals surface area contributed by atoms with E-state index < -0.39 is 17.0 Å². The molecular weight excluding hydrogens is 689 g/mol. The van der Waals surface area contributed by atoms with Crippen LogP contribution in [0.1, 0.15) is 101 Å². The summed E-state index contributed by atoms with van der Waals surface area (Å²) in [6, 6.07) is 31.2. The third kappa shape index (κ3) is 7.25. The van der Waals surface area contributed by atoms with Gasteiger partial charge in [0.05, 0.1) is 29.4 Å². The van der Waals surface area contributed by atoms with Gasteiger partial charge in [-0.05, 0) is 115 Å². The van der Waals surface area contributed by atoms with E-state index in [1.165, 1.54) is 10.8 Å². The molecule has 1 unspecified atom stereocenters. The van der Waals surface area contributed by atoms with E-state index in [0.29, 0.717) is 23.8 Å². The standard InChI is InChI=1S/C46H54N4O3S/c1-7-53-43(52)37-27-30(2)50(40(37)35-22-21-31-15-8-10-17-33(31)28-35)39-20-13-12-19-38(39)47-44(54)48-41(45(3,4)5)42(51)49-26-14-25-46(49,6)36-24-23-32-16-9-11-18-34(32)29-36/h8-11,15-18,21-24,27-29,38-39,41H,7,12-14,19-20,25-26H2,1-6H3,(H2,47,48,54)/t38?,39-,41-,46-/m1/s1. The SMILES string of the molecule is CCOC(=O)c1cc(C)n([C@@H]2CCCCC2NC(=S)N[C@H](C(=O)N2CCC[C@]2(C)c2ccc3ccccc3c2)C(C)(C)C)c1-c1ccc2ccccc2c1. The van der Waals surface area contributed by atoms with Crippen LogP contribution in [0.5, 0.6) is 0 Å². The van der Waals surface area contributed by atoms with Crippen molar-refractivity contribution in [3.05, 3.63) is 108 Å². The first-order valence-corrected chi connectivity index (χ1v) is 20.1. The quantitative estimate of drug-likeness (QED) is 0.122. The van der Waals surface area contributed by atoms with Crippen LogP contribution in [0.25, 0.3) is 32.8 Å². The first-order valence-electron chi connectivity index (χ1n) is 19.6. The fourth-order valence-electron chi connectivity index (χ4n) is 8.95. The van der Waals surface area contributed by atoms with Gasteiger partial charge in [-0.1, -0.05) is 106 Å². The topological polar surface area (TPSA) is 75.6 Å². The molecule has 1 aliphatic carbocycles. The Kier molecular flexibility index (Phi) is 10.6. The van der Waals surface area contributed by atoms with Crippen molar-refractivity contribution < 1.29 is 14.3 Å². The Morgan fingerprint density at radius 3 is 2.22 bits per heavy atom. The molecular formula is C46H54N4O3S. The predicted molar refractivity (Wildman–Crippen MR) is 224 cm³/mol. The molecule has 7 nitrogen and oxygen atoms in total. The van der Waals surface area contributed by atoms with Crippen molar-refractivity contribution in [2.24, 2.45) is 5.41 Å². The number of aryl methyl sites for hydroxylation is 1. The number of hydrogen-bond acceptors (Lipinski definition) is 4. The van der Waals surface area contributed by atoms with Crippen LogP contribution in [-0.2, 0) is 15.1 Å². The lowest BCUT2D eigenvalue weighted by Crippen LogP contribution is -2.60. The van der Waals surface area contributed by atoms with Gasteiger partial charge in [0.25, 0.3) is 0 Å². The predicted octanol–water partition coefficient (Wildman–Crippen LogP) is 9.85. The largest absolute Gasteiger partial charge is 0.462 e. The number of nitrogens with zero attached hydrogens (tertiary/aromatic N) is 2. The molecule has 1 amide bonds. The van der Waals surface area contributed by atoms with Gasteiger partial charge >= 0.3 is 5.97 Å². The number of carbonyl (C=O) groups excluding carboxylic acids is 2. The zero-order valence-electron chi connectivity index (χ0n) is 32.6. The van der Waals surface area contributed by atoms with E-state index in [-0.39, 0.29) is 24.0 Å². The monoisotopic (exact) mass is 742 g/mol. The highest BCUT2D eigenvalue weighted by atomic mass is 32.1. The normalized spacial score (nSPS) is 20.9. The van der Waals surface area contributed by atoms with Crippen molar-refractivity contribution in [3.63, 3.8) is 0 Å². The smallest absolute Gasteiger partial charge is 0.340 e. The Morgan fingerprint density at radius 1 is 0.889 bits per heavy atom. The fraction of sp³-hybridized carbons (Fsp3) is 0.413. The second-order valence-corrected chi connectivity index (χ2v) is 16.9. The summed E-state index contributed by atoms with van der Waals surface area (Å²) in [5.41, 5.74) is 3.77. The van der Waals surface area contributed by atoms with Crippen molar-refractivity contribution in [3.8, 4) is 11.3 Å². The van der Waals surface area contributed by atoms with Crippen molar-refractivity contribution in [1.82, 2.24) is 20.1 Å². The Hall–Kier alpha value is -4.69. The average molecular weight is 743 g/mol. The molecule has 282 valence electrons. The molecule has 5 aromatic rings. The second-order valence-electron chi connectivity index (χ2n) is 16.5. The Morgan fingerprint density at radius 2 is 1.54 bits per heavy atom. The number of nitrogens with one attached hydrogen (secondary N) is 2. The average Bonchev–Trinajstić information content (AvgIpc) is 3.73. The first-order chi connectivity index (χ1) is 25.9. The van der Waals surface area contributed by atoms with E-state index in [1.54, 1.807) is 0 Å². The molecule has 4 atom stereocenters. The van der Waals surface area contributed by atoms with Gasteiger partial charge in [0.1, 0.15) is 6.04 Å². The minimum atomic E-state index is -0.533. The minimum absolute atomic E-state index is 0.00975. The number of amides is 1. The molecule has 2 heterocycles. The number of benzene rings is 4. The van der Waals surface area contributed by atoms with Crippen LogP contribution in [0, 0.1) is 12.3 Å². The molecule has 4 aromatic carbocycles. The van der Waals surface area contributed by atoms with Crippen LogP contribution in [-0.4, -0.2) is 51.7 Å². The van der Waals surface area contributed by atoms with E-state index in [2.05, 4.69) is 128 Å². The molecule has 1 aliphatic heterocycles. The first kappa shape index (κ1) is 37.6. The van der Waals surface area contributed by atoms with Crippen LogP contribution in [0.15, 0.2) is 91.0 Å². The molecule has 1 aromatic heterocycles. The van der Waals surface area contributed by atoms with Crippen LogP contribution in [0.3, 0.4) is 0 Å². The highest BCUT2D eigenvalue weighted by Crippen LogP contribution is 2.42. The summed E-state index contributed by atoms with van der Waals surface area (Å²) in [5.74, 6) is -0.247. The fourth-order valence-corrected chi connectivity index (χ4v) is 9.22. The minimum Gasteiger partial charge on any atom is -0.462 e. The molecule has 54 heavy (non-hydrogen) atoms. The van der Waals surface area contributed by atoms with E-state index in [9.17, 15) is 9.59 Å². The summed E-state index contributed by atoms with van der Waals surface area (Å²) >= 11 is 6.10. The number of thiocarbonyl (C=S) groups is 1. The van der Waals surface area contributed by atoms with Gasteiger partial charge in [0.15, 0.2) is 5.11 Å². The molecule has 8 heteroatoms. The maximum Gasteiger partial charge on any atom is 0.340 e. The van der Waals surface area contributed by atoms with Crippen molar-refractivity contribution in [2.75, 3.05) is 13.2 Å². The Bertz CT molecular complexity index is 2200. The molecule has 2 N–H and O–H groups in total. The molecule has 0 spiro atoms. The van der Waals surface area contributed by atoms with E-state index in [4.69, 9.17) is 17.0 Å². The van der Waals surface area contributed by atoms with Crippen molar-refractivity contribution in [2.45, 2.75) is 104 Å². The van der Waals surface area contributed by atoms with Gasteiger partial charge in [-0.15, -0.1) is 0 Å². The second kappa shape index (κ2) is 15.2. The summed E-state index contributed by atoms with van der Waals surface area (Å²) in [7, 11) is 0. The van der Waals surface area contributed by atoms with Crippen molar-refractivity contribution in [1.29, 1.82) is 0 Å². The van der Waals surface area contributed by atoms with Crippen LogP contribution >= 0.6 is 12.2 Å². The maximum absolute atomic E-state index is 14.7. The third-order valence-electron chi connectivity index (χ3n) is 11.8. The van der Waals surface area contributed by atoms with E-state index in [0.717, 1.165) is 71.8 Å². The summed E-state index contributed by atoms with van der Waals surface area (Å²) < 4.78 is 7.93. The Balaban J connectivity index is 1.17. The Labute approximate surface area is 325 Å². The summed E-state index contributed by atoms with van der Waals surface area (Å²) in [4.78, 5) is 30.3. The van der Waals surface area contributed by atoms with Crippen molar-refractivity contribution >= 4 is 50.8 Å². The number of rotatable bonds is 8. The zero-order valence-corrected chi connectivity index (χ0v) is 33.4. The van der Waals surface area contributed by atoms with E-state index in [1.807, 2.05) is 25.1 Å². The van der Waals surface area contributed by atoms with Gasteiger partial charge in [0, 0.05) is 18.3 Å².